The van der Waals surface area contributed by atoms with E-state index < -0.39 is 15.9 Å². The number of halogens is 1. The van der Waals surface area contributed by atoms with Crippen molar-refractivity contribution >= 4 is 39.1 Å². The summed E-state index contributed by atoms with van der Waals surface area (Å²) in [6.07, 6.45) is 0.503. The van der Waals surface area contributed by atoms with Gasteiger partial charge in [0, 0.05) is 42.2 Å². The van der Waals surface area contributed by atoms with E-state index in [1.165, 1.54) is 35.0 Å². The Morgan fingerprint density at radius 2 is 1.67 bits per heavy atom. The SMILES string of the molecule is CC(=O)NS(=O)(=O)c1ccc(NC(=O)CCCn2nc(-c3ccc(Cl)cc3)ccc2=O)cc1. The first-order valence-corrected chi connectivity index (χ1v) is 11.8. The molecule has 1 aromatic heterocycles. The van der Waals surface area contributed by atoms with E-state index in [0.29, 0.717) is 22.8 Å². The Morgan fingerprint density at radius 3 is 2.30 bits per heavy atom. The minimum Gasteiger partial charge on any atom is -0.326 e. The molecule has 0 fully saturated rings. The molecular weight excluding hydrogens is 468 g/mol. The van der Waals surface area contributed by atoms with Crippen LogP contribution in [-0.2, 0) is 26.2 Å². The van der Waals surface area contributed by atoms with Crippen LogP contribution in [0.5, 0.6) is 0 Å². The van der Waals surface area contributed by atoms with E-state index in [-0.39, 0.29) is 29.3 Å². The Morgan fingerprint density at radius 1 is 1.00 bits per heavy atom. The third-order valence-corrected chi connectivity index (χ3v) is 6.21. The van der Waals surface area contributed by atoms with Crippen LogP contribution in [0, 0.1) is 0 Å². The van der Waals surface area contributed by atoms with Gasteiger partial charge >= 0.3 is 0 Å². The minimum absolute atomic E-state index is 0.0956. The van der Waals surface area contributed by atoms with Gasteiger partial charge in [0.1, 0.15) is 0 Å². The summed E-state index contributed by atoms with van der Waals surface area (Å²) in [5.74, 6) is -0.992. The molecule has 3 rings (SSSR count). The lowest BCUT2D eigenvalue weighted by Crippen LogP contribution is -2.28. The molecule has 1 heterocycles. The zero-order valence-electron chi connectivity index (χ0n) is 17.6. The first-order chi connectivity index (χ1) is 15.6. The Bertz CT molecular complexity index is 1320. The summed E-state index contributed by atoms with van der Waals surface area (Å²) in [5.41, 5.74) is 1.56. The first kappa shape index (κ1) is 24.1. The van der Waals surface area contributed by atoms with Gasteiger partial charge in [-0.3, -0.25) is 14.4 Å². The number of nitrogens with zero attached hydrogens (tertiary/aromatic N) is 2. The predicted molar refractivity (Wildman–Crippen MR) is 124 cm³/mol. The molecule has 3 aromatic rings. The lowest BCUT2D eigenvalue weighted by Gasteiger charge is -2.09. The van der Waals surface area contributed by atoms with Gasteiger partial charge < -0.3 is 5.32 Å². The van der Waals surface area contributed by atoms with Crippen LogP contribution in [0.25, 0.3) is 11.3 Å². The van der Waals surface area contributed by atoms with Gasteiger partial charge in [-0.2, -0.15) is 5.10 Å². The van der Waals surface area contributed by atoms with Crippen LogP contribution in [0.15, 0.2) is 70.4 Å². The predicted octanol–water partition coefficient (Wildman–Crippen LogP) is 2.81. The highest BCUT2D eigenvalue weighted by atomic mass is 35.5. The number of aromatic nitrogens is 2. The molecule has 0 aliphatic heterocycles. The maximum atomic E-state index is 12.2. The fourth-order valence-corrected chi connectivity index (χ4v) is 4.08. The fourth-order valence-electron chi connectivity index (χ4n) is 2.96. The highest BCUT2D eigenvalue weighted by molar-refractivity contribution is 7.90. The number of hydrogen-bond acceptors (Lipinski definition) is 6. The molecule has 0 unspecified atom stereocenters. The summed E-state index contributed by atoms with van der Waals surface area (Å²) in [7, 11) is -3.94. The molecule has 0 atom stereocenters. The van der Waals surface area contributed by atoms with Crippen LogP contribution >= 0.6 is 11.6 Å². The minimum atomic E-state index is -3.94. The van der Waals surface area contributed by atoms with Gasteiger partial charge in [0.25, 0.3) is 15.6 Å². The second kappa shape index (κ2) is 10.4. The molecule has 2 aromatic carbocycles. The standard InChI is InChI=1S/C22H21ClN4O5S/c1-15(28)26-33(31,32)19-10-8-18(9-11-19)24-21(29)3-2-14-27-22(30)13-12-20(25-27)16-4-6-17(23)7-5-16/h4-13H,2-3,14H2,1H3,(H,24,29)(H,26,28). The molecule has 9 nitrogen and oxygen atoms in total. The Kier molecular flexibility index (Phi) is 7.62. The molecule has 11 heteroatoms. The number of sulfonamides is 1. The largest absolute Gasteiger partial charge is 0.326 e. The van der Waals surface area contributed by atoms with E-state index in [9.17, 15) is 22.8 Å². The summed E-state index contributed by atoms with van der Waals surface area (Å²) < 4.78 is 27.1. The fraction of sp³-hybridized carbons (Fsp3) is 0.182. The third kappa shape index (κ3) is 6.74. The number of hydrogen-bond donors (Lipinski definition) is 2. The first-order valence-electron chi connectivity index (χ1n) is 9.91. The van der Waals surface area contributed by atoms with Crippen molar-refractivity contribution < 1.29 is 18.0 Å². The molecule has 0 saturated carbocycles. The summed E-state index contributed by atoms with van der Waals surface area (Å²) in [6.45, 7) is 1.35. The zero-order valence-corrected chi connectivity index (χ0v) is 19.2. The number of carbonyl (C=O) groups is 2. The molecule has 0 aliphatic rings. The van der Waals surface area contributed by atoms with Crippen molar-refractivity contribution in [2.24, 2.45) is 0 Å². The molecule has 172 valence electrons. The molecule has 0 aliphatic carbocycles. The summed E-state index contributed by atoms with van der Waals surface area (Å²) >= 11 is 5.90. The lowest BCUT2D eigenvalue weighted by molar-refractivity contribution is -0.117. The second-order valence-electron chi connectivity index (χ2n) is 7.12. The van der Waals surface area contributed by atoms with Crippen molar-refractivity contribution in [1.82, 2.24) is 14.5 Å². The number of nitrogens with one attached hydrogen (secondary N) is 2. The van der Waals surface area contributed by atoms with Gasteiger partial charge in [-0.15, -0.1) is 0 Å². The van der Waals surface area contributed by atoms with Crippen LogP contribution < -0.4 is 15.6 Å². The van der Waals surface area contributed by atoms with Crippen molar-refractivity contribution in [2.75, 3.05) is 5.32 Å². The topological polar surface area (TPSA) is 127 Å². The molecule has 0 saturated heterocycles. The number of benzene rings is 2. The zero-order chi connectivity index (χ0) is 24.0. The van der Waals surface area contributed by atoms with E-state index >= 15 is 0 Å². The molecular formula is C22H21ClN4O5S. The molecule has 0 bridgehead atoms. The molecule has 0 spiro atoms. The van der Waals surface area contributed by atoms with Crippen LogP contribution in [0.3, 0.4) is 0 Å². The number of aryl methyl sites for hydroxylation is 1. The average Bonchev–Trinajstić information content (AvgIpc) is 2.75. The lowest BCUT2D eigenvalue weighted by atomic mass is 10.1. The van der Waals surface area contributed by atoms with Gasteiger partial charge in [-0.25, -0.2) is 17.8 Å². The summed E-state index contributed by atoms with van der Waals surface area (Å²) in [5, 5.41) is 7.61. The Hall–Kier alpha value is -3.50. The van der Waals surface area contributed by atoms with Gasteiger partial charge in [0.2, 0.25) is 11.8 Å². The third-order valence-electron chi connectivity index (χ3n) is 4.51. The number of anilines is 1. The summed E-state index contributed by atoms with van der Waals surface area (Å²) in [6, 6.07) is 15.6. The monoisotopic (exact) mass is 488 g/mol. The maximum absolute atomic E-state index is 12.2. The maximum Gasteiger partial charge on any atom is 0.266 e. The van der Waals surface area contributed by atoms with E-state index in [4.69, 9.17) is 11.6 Å². The quantitative estimate of drug-likeness (QED) is 0.502. The number of amides is 2. The highest BCUT2D eigenvalue weighted by Gasteiger charge is 2.15. The summed E-state index contributed by atoms with van der Waals surface area (Å²) in [4.78, 5) is 35.2. The molecule has 0 radical (unpaired) electrons. The number of rotatable bonds is 8. The van der Waals surface area contributed by atoms with Crippen LogP contribution in [0.2, 0.25) is 5.02 Å². The van der Waals surface area contributed by atoms with Gasteiger partial charge in [-0.1, -0.05) is 23.7 Å². The van der Waals surface area contributed by atoms with E-state index in [1.54, 1.807) is 30.3 Å². The highest BCUT2D eigenvalue weighted by Crippen LogP contribution is 2.18. The Balaban J connectivity index is 1.56. The van der Waals surface area contributed by atoms with Crippen LogP contribution in [-0.4, -0.2) is 30.0 Å². The smallest absolute Gasteiger partial charge is 0.266 e. The van der Waals surface area contributed by atoms with Crippen LogP contribution in [0.4, 0.5) is 5.69 Å². The van der Waals surface area contributed by atoms with Crippen molar-refractivity contribution in [3.63, 3.8) is 0 Å². The average molecular weight is 489 g/mol. The van der Waals surface area contributed by atoms with Crippen molar-refractivity contribution in [2.45, 2.75) is 31.2 Å². The van der Waals surface area contributed by atoms with E-state index in [2.05, 4.69) is 10.4 Å². The normalized spacial score (nSPS) is 11.1. The van der Waals surface area contributed by atoms with Crippen molar-refractivity contribution in [3.05, 3.63) is 76.0 Å². The number of carbonyl (C=O) groups excluding carboxylic acids is 2. The van der Waals surface area contributed by atoms with Crippen molar-refractivity contribution in [1.29, 1.82) is 0 Å². The van der Waals surface area contributed by atoms with E-state index in [0.717, 1.165) is 12.5 Å². The van der Waals surface area contributed by atoms with Gasteiger partial charge in [0.05, 0.1) is 10.6 Å². The van der Waals surface area contributed by atoms with Crippen molar-refractivity contribution in [3.8, 4) is 11.3 Å². The second-order valence-corrected chi connectivity index (χ2v) is 9.24. The molecule has 33 heavy (non-hydrogen) atoms. The molecule has 2 amide bonds. The molecule has 2 N–H and O–H groups in total. The van der Waals surface area contributed by atoms with E-state index in [1.807, 2.05) is 4.72 Å². The van der Waals surface area contributed by atoms with Gasteiger partial charge in [-0.05, 0) is 48.9 Å². The van der Waals surface area contributed by atoms with Gasteiger partial charge in [0.15, 0.2) is 0 Å². The van der Waals surface area contributed by atoms with Crippen LogP contribution in [0.1, 0.15) is 19.8 Å². The Labute approximate surface area is 195 Å².